The first-order valence-electron chi connectivity index (χ1n) is 11.6. The molecule has 0 unspecified atom stereocenters. The molecule has 0 atom stereocenters. The molecule has 7 nitrogen and oxygen atoms in total. The molecule has 1 aromatic heterocycles. The van der Waals surface area contributed by atoms with Crippen molar-refractivity contribution < 1.29 is 19.1 Å². The number of rotatable bonds is 7. The highest BCUT2D eigenvalue weighted by atomic mass is 16.5. The van der Waals surface area contributed by atoms with Gasteiger partial charge in [-0.3, -0.25) is 9.69 Å². The van der Waals surface area contributed by atoms with Crippen LogP contribution in [-0.2, 0) is 27.4 Å². The van der Waals surface area contributed by atoms with Crippen LogP contribution in [0.4, 0.5) is 0 Å². The molecule has 178 valence electrons. The largest absolute Gasteiger partial charge is 0.452 e. The number of pyridine rings is 1. The van der Waals surface area contributed by atoms with Gasteiger partial charge in [0.05, 0.1) is 23.4 Å². The van der Waals surface area contributed by atoms with Gasteiger partial charge in [-0.15, -0.1) is 0 Å². The van der Waals surface area contributed by atoms with Crippen LogP contribution in [0.15, 0.2) is 48.5 Å². The van der Waals surface area contributed by atoms with Crippen LogP contribution in [0.5, 0.6) is 0 Å². The van der Waals surface area contributed by atoms with Crippen molar-refractivity contribution in [2.24, 2.45) is 0 Å². The van der Waals surface area contributed by atoms with Gasteiger partial charge in [0.1, 0.15) is 0 Å². The Balaban J connectivity index is 1.35. The molecule has 1 aliphatic heterocycles. The summed E-state index contributed by atoms with van der Waals surface area (Å²) in [5.74, 6) is -0.725. The molecule has 0 spiro atoms. The fraction of sp³-hybridized carbons (Fsp3) is 0.370. The number of carbonyl (C=O) groups excluding carboxylic acids is 2. The van der Waals surface area contributed by atoms with E-state index in [1.807, 2.05) is 31.2 Å². The number of para-hydroxylation sites is 1. The number of hydrogen-bond donors (Lipinski definition) is 0. The average molecular weight is 462 g/mol. The second-order valence-electron chi connectivity index (χ2n) is 8.73. The Morgan fingerprint density at radius 2 is 1.76 bits per heavy atom. The van der Waals surface area contributed by atoms with Crippen molar-refractivity contribution in [1.82, 2.24) is 14.8 Å². The zero-order valence-corrected chi connectivity index (χ0v) is 20.0. The predicted octanol–water partition coefficient (Wildman–Crippen LogP) is 3.50. The van der Waals surface area contributed by atoms with Crippen LogP contribution in [0, 0.1) is 13.8 Å². The van der Waals surface area contributed by atoms with Gasteiger partial charge in [0.25, 0.3) is 5.91 Å². The van der Waals surface area contributed by atoms with Crippen molar-refractivity contribution in [2.75, 3.05) is 39.9 Å². The van der Waals surface area contributed by atoms with Crippen molar-refractivity contribution in [3.05, 3.63) is 76.5 Å². The highest BCUT2D eigenvalue weighted by Crippen LogP contribution is 2.24. The van der Waals surface area contributed by atoms with E-state index in [2.05, 4.69) is 41.1 Å². The lowest BCUT2D eigenvalue weighted by atomic mass is 10.0. The minimum absolute atomic E-state index is 0.178. The van der Waals surface area contributed by atoms with Crippen LogP contribution in [-0.4, -0.2) is 66.6 Å². The minimum Gasteiger partial charge on any atom is -0.452 e. The molecule has 34 heavy (non-hydrogen) atoms. The maximum absolute atomic E-state index is 13.0. The second-order valence-corrected chi connectivity index (χ2v) is 8.73. The first-order chi connectivity index (χ1) is 16.5. The Kier molecular flexibility index (Phi) is 7.55. The molecule has 3 aromatic rings. The molecule has 1 amide bonds. The maximum atomic E-state index is 13.0. The summed E-state index contributed by atoms with van der Waals surface area (Å²) in [4.78, 5) is 34.4. The van der Waals surface area contributed by atoms with Crippen LogP contribution in [0.1, 0.15) is 32.7 Å². The highest BCUT2D eigenvalue weighted by molar-refractivity contribution is 5.99. The summed E-state index contributed by atoms with van der Waals surface area (Å²) in [5, 5.41) is 0.880. The first-order valence-corrected chi connectivity index (χ1v) is 11.6. The fourth-order valence-electron chi connectivity index (χ4n) is 4.47. The zero-order chi connectivity index (χ0) is 24.1. The van der Waals surface area contributed by atoms with E-state index in [0.29, 0.717) is 24.3 Å². The second kappa shape index (κ2) is 10.8. The number of carbonyl (C=O) groups is 2. The Morgan fingerprint density at radius 1 is 1.00 bits per heavy atom. The molecular formula is C27H31N3O4. The molecule has 0 bridgehead atoms. The van der Waals surface area contributed by atoms with Gasteiger partial charge in [-0.2, -0.15) is 0 Å². The summed E-state index contributed by atoms with van der Waals surface area (Å²) in [6.45, 7) is 7.56. The van der Waals surface area contributed by atoms with Crippen molar-refractivity contribution >= 4 is 22.8 Å². The van der Waals surface area contributed by atoms with Crippen LogP contribution in [0.2, 0.25) is 0 Å². The van der Waals surface area contributed by atoms with E-state index >= 15 is 0 Å². The van der Waals surface area contributed by atoms with E-state index in [1.54, 1.807) is 12.0 Å². The van der Waals surface area contributed by atoms with Gasteiger partial charge < -0.3 is 14.4 Å². The lowest BCUT2D eigenvalue weighted by molar-refractivity contribution is -0.136. The summed E-state index contributed by atoms with van der Waals surface area (Å²) in [6.07, 6.45) is 0. The third-order valence-electron chi connectivity index (χ3n) is 6.25. The molecule has 0 saturated carbocycles. The quantitative estimate of drug-likeness (QED) is 0.502. The van der Waals surface area contributed by atoms with Crippen molar-refractivity contribution in [3.63, 3.8) is 0 Å². The Morgan fingerprint density at radius 3 is 2.50 bits per heavy atom. The van der Waals surface area contributed by atoms with Gasteiger partial charge in [-0.1, -0.05) is 48.0 Å². The molecule has 4 rings (SSSR count). The standard InChI is InChI=1S/C27H31N3O4/c1-19-7-6-8-21(15-19)16-29-11-13-30(14-12-29)25(31)18-34-27(32)26-20(2)22-9-4-5-10-23(22)28-24(26)17-33-3/h4-10,15H,11-14,16-18H2,1-3H3. The van der Waals surface area contributed by atoms with Crippen molar-refractivity contribution in [1.29, 1.82) is 0 Å². The summed E-state index contributed by atoms with van der Waals surface area (Å²) < 4.78 is 10.7. The molecule has 0 aliphatic carbocycles. The van der Waals surface area contributed by atoms with Gasteiger partial charge in [0.15, 0.2) is 6.61 Å². The SMILES string of the molecule is COCc1nc2ccccc2c(C)c1C(=O)OCC(=O)N1CCN(Cc2cccc(C)c2)CC1. The predicted molar refractivity (Wildman–Crippen MR) is 131 cm³/mol. The van der Waals surface area contributed by atoms with Crippen LogP contribution >= 0.6 is 0 Å². The van der Waals surface area contributed by atoms with Gasteiger partial charge in [0, 0.05) is 45.2 Å². The van der Waals surface area contributed by atoms with Gasteiger partial charge in [0.2, 0.25) is 0 Å². The summed E-state index contributed by atoms with van der Waals surface area (Å²) >= 11 is 0. The fourth-order valence-corrected chi connectivity index (χ4v) is 4.47. The molecule has 2 aromatic carbocycles. The van der Waals surface area contributed by atoms with Gasteiger partial charge in [-0.25, -0.2) is 9.78 Å². The number of ether oxygens (including phenoxy) is 2. The smallest absolute Gasteiger partial charge is 0.340 e. The number of piperazine rings is 1. The maximum Gasteiger partial charge on any atom is 0.340 e. The number of amides is 1. The van der Waals surface area contributed by atoms with E-state index in [1.165, 1.54) is 11.1 Å². The lowest BCUT2D eigenvalue weighted by Gasteiger charge is -2.34. The highest BCUT2D eigenvalue weighted by Gasteiger charge is 2.24. The summed E-state index contributed by atoms with van der Waals surface area (Å²) in [5.41, 5.74) is 4.99. The molecule has 1 fully saturated rings. The molecule has 1 aliphatic rings. The number of aromatic nitrogens is 1. The van der Waals surface area contributed by atoms with Crippen molar-refractivity contribution in [2.45, 2.75) is 27.0 Å². The van der Waals surface area contributed by atoms with E-state index < -0.39 is 5.97 Å². The molecule has 0 radical (unpaired) electrons. The van der Waals surface area contributed by atoms with E-state index in [9.17, 15) is 9.59 Å². The van der Waals surface area contributed by atoms with Crippen LogP contribution < -0.4 is 0 Å². The van der Waals surface area contributed by atoms with Crippen molar-refractivity contribution in [3.8, 4) is 0 Å². The summed E-state index contributed by atoms with van der Waals surface area (Å²) in [7, 11) is 1.56. The number of esters is 1. The Bertz CT molecular complexity index is 1190. The van der Waals surface area contributed by atoms with E-state index in [0.717, 1.165) is 36.1 Å². The third-order valence-corrected chi connectivity index (χ3v) is 6.25. The number of benzene rings is 2. The monoisotopic (exact) mass is 461 g/mol. The van der Waals surface area contributed by atoms with E-state index in [-0.39, 0.29) is 19.1 Å². The molecule has 2 heterocycles. The zero-order valence-electron chi connectivity index (χ0n) is 20.0. The average Bonchev–Trinajstić information content (AvgIpc) is 2.83. The molecule has 0 N–H and O–H groups in total. The summed E-state index contributed by atoms with van der Waals surface area (Å²) in [6, 6.07) is 16.1. The molecule has 1 saturated heterocycles. The van der Waals surface area contributed by atoms with E-state index in [4.69, 9.17) is 9.47 Å². The van der Waals surface area contributed by atoms with Gasteiger partial charge in [-0.05, 0) is 31.0 Å². The topological polar surface area (TPSA) is 72.0 Å². The molecule has 7 heteroatoms. The Hall–Kier alpha value is -3.29. The molecular weight excluding hydrogens is 430 g/mol. The number of aryl methyl sites for hydroxylation is 2. The third kappa shape index (κ3) is 5.43. The first kappa shape index (κ1) is 23.9. The number of fused-ring (bicyclic) bond motifs is 1. The minimum atomic E-state index is -0.547. The van der Waals surface area contributed by atoms with Crippen LogP contribution in [0.3, 0.4) is 0 Å². The number of hydrogen-bond acceptors (Lipinski definition) is 6. The number of methoxy groups -OCH3 is 1. The number of nitrogens with zero attached hydrogens (tertiary/aromatic N) is 3. The van der Waals surface area contributed by atoms with Gasteiger partial charge >= 0.3 is 5.97 Å². The normalized spacial score (nSPS) is 14.4. The lowest BCUT2D eigenvalue weighted by Crippen LogP contribution is -2.49. The van der Waals surface area contributed by atoms with Crippen LogP contribution in [0.25, 0.3) is 10.9 Å². The Labute approximate surface area is 200 Å².